The van der Waals surface area contributed by atoms with Crippen LogP contribution >= 0.6 is 15.9 Å². The molecule has 0 radical (unpaired) electrons. The molecule has 0 N–H and O–H groups in total. The molecule has 82 valence electrons. The Morgan fingerprint density at radius 3 is 2.53 bits per heavy atom. The van der Waals surface area contributed by atoms with Crippen LogP contribution in [0.3, 0.4) is 0 Å². The van der Waals surface area contributed by atoms with Crippen molar-refractivity contribution in [2.45, 2.75) is 17.9 Å². The molecule has 0 bridgehead atoms. The molecule has 1 aliphatic heterocycles. The molecule has 0 amide bonds. The van der Waals surface area contributed by atoms with Gasteiger partial charge < -0.3 is 9.47 Å². The van der Waals surface area contributed by atoms with Crippen LogP contribution in [0.2, 0.25) is 0 Å². The standard InChI is InChI=1S/C10H9BrF2O2/c1-2-10(11)5-14-8-3-6(12)7(13)4-9(8)15-10/h3-4H,2,5H2,1H3. The van der Waals surface area contributed by atoms with Gasteiger partial charge in [-0.25, -0.2) is 8.78 Å². The second kappa shape index (κ2) is 3.63. The Bertz CT molecular complexity index is 397. The molecular weight excluding hydrogens is 270 g/mol. The number of halogens is 3. The van der Waals surface area contributed by atoms with E-state index < -0.39 is 16.1 Å². The predicted octanol–water partition coefficient (Wildman–Crippen LogP) is 3.24. The quantitative estimate of drug-likeness (QED) is 0.735. The van der Waals surface area contributed by atoms with E-state index in [-0.39, 0.29) is 18.1 Å². The highest BCUT2D eigenvalue weighted by molar-refractivity contribution is 9.10. The average Bonchev–Trinajstić information content (AvgIpc) is 2.21. The van der Waals surface area contributed by atoms with Crippen molar-refractivity contribution in [3.8, 4) is 11.5 Å². The van der Waals surface area contributed by atoms with E-state index in [1.807, 2.05) is 6.92 Å². The number of ether oxygens (including phenoxy) is 2. The minimum absolute atomic E-state index is 0.221. The number of benzene rings is 1. The van der Waals surface area contributed by atoms with Crippen molar-refractivity contribution in [1.29, 1.82) is 0 Å². The molecule has 2 nitrogen and oxygen atoms in total. The first-order valence-corrected chi connectivity index (χ1v) is 5.33. The topological polar surface area (TPSA) is 18.5 Å². The molecule has 2 rings (SSSR count). The molecule has 0 saturated heterocycles. The Kier molecular flexibility index (Phi) is 2.58. The lowest BCUT2D eigenvalue weighted by Gasteiger charge is -2.32. The zero-order valence-electron chi connectivity index (χ0n) is 8.02. The Hall–Kier alpha value is -0.840. The van der Waals surface area contributed by atoms with Crippen molar-refractivity contribution in [3.05, 3.63) is 23.8 Å². The molecular formula is C10H9BrF2O2. The summed E-state index contributed by atoms with van der Waals surface area (Å²) in [6, 6.07) is 1.99. The number of fused-ring (bicyclic) bond motifs is 1. The van der Waals surface area contributed by atoms with Gasteiger partial charge in [-0.05, 0) is 22.4 Å². The molecule has 5 heteroatoms. The fourth-order valence-corrected chi connectivity index (χ4v) is 1.58. The van der Waals surface area contributed by atoms with E-state index in [0.717, 1.165) is 12.1 Å². The van der Waals surface area contributed by atoms with Gasteiger partial charge in [0.15, 0.2) is 27.6 Å². The summed E-state index contributed by atoms with van der Waals surface area (Å²) in [6.07, 6.45) is 0.658. The Morgan fingerprint density at radius 1 is 1.33 bits per heavy atom. The summed E-state index contributed by atoms with van der Waals surface area (Å²) in [5.74, 6) is -1.42. The normalized spacial score (nSPS) is 24.0. The third-order valence-electron chi connectivity index (χ3n) is 2.25. The smallest absolute Gasteiger partial charge is 0.196 e. The van der Waals surface area contributed by atoms with Crippen molar-refractivity contribution in [2.24, 2.45) is 0 Å². The molecule has 1 aliphatic rings. The molecule has 1 aromatic rings. The Labute approximate surface area is 94.3 Å². The highest BCUT2D eigenvalue weighted by atomic mass is 79.9. The van der Waals surface area contributed by atoms with Gasteiger partial charge in [0, 0.05) is 12.1 Å². The summed E-state index contributed by atoms with van der Waals surface area (Å²) in [5, 5.41) is 0. The van der Waals surface area contributed by atoms with Gasteiger partial charge in [-0.2, -0.15) is 0 Å². The van der Waals surface area contributed by atoms with E-state index in [0.29, 0.717) is 6.42 Å². The van der Waals surface area contributed by atoms with Crippen molar-refractivity contribution < 1.29 is 18.3 Å². The monoisotopic (exact) mass is 278 g/mol. The van der Waals surface area contributed by atoms with Crippen molar-refractivity contribution >= 4 is 15.9 Å². The van der Waals surface area contributed by atoms with Crippen LogP contribution in [0.1, 0.15) is 13.3 Å². The van der Waals surface area contributed by atoms with Crippen LogP contribution in [0.4, 0.5) is 8.78 Å². The molecule has 15 heavy (non-hydrogen) atoms. The zero-order valence-corrected chi connectivity index (χ0v) is 9.61. The van der Waals surface area contributed by atoms with Gasteiger partial charge >= 0.3 is 0 Å². The van der Waals surface area contributed by atoms with Crippen LogP contribution in [-0.4, -0.2) is 11.1 Å². The van der Waals surface area contributed by atoms with E-state index in [1.54, 1.807) is 0 Å². The van der Waals surface area contributed by atoms with Crippen LogP contribution in [0.15, 0.2) is 12.1 Å². The Morgan fingerprint density at radius 2 is 1.93 bits per heavy atom. The van der Waals surface area contributed by atoms with E-state index in [9.17, 15) is 8.78 Å². The number of alkyl halides is 1. The third kappa shape index (κ3) is 1.93. The number of hydrogen-bond acceptors (Lipinski definition) is 2. The van der Waals surface area contributed by atoms with Crippen LogP contribution in [0.25, 0.3) is 0 Å². The van der Waals surface area contributed by atoms with E-state index >= 15 is 0 Å². The van der Waals surface area contributed by atoms with Gasteiger partial charge in [-0.1, -0.05) is 6.92 Å². The first-order chi connectivity index (χ1) is 7.04. The summed E-state index contributed by atoms with van der Waals surface area (Å²) in [6.45, 7) is 2.17. The number of hydrogen-bond donors (Lipinski definition) is 0. The van der Waals surface area contributed by atoms with Crippen LogP contribution < -0.4 is 9.47 Å². The zero-order chi connectivity index (χ0) is 11.1. The second-order valence-corrected chi connectivity index (χ2v) is 4.79. The van der Waals surface area contributed by atoms with Gasteiger partial charge in [0.2, 0.25) is 0 Å². The van der Waals surface area contributed by atoms with E-state index in [1.165, 1.54) is 0 Å². The summed E-state index contributed by atoms with van der Waals surface area (Å²) >= 11 is 3.34. The lowest BCUT2D eigenvalue weighted by molar-refractivity contribution is 0.0657. The van der Waals surface area contributed by atoms with Crippen molar-refractivity contribution in [1.82, 2.24) is 0 Å². The SMILES string of the molecule is CCC1(Br)COc2cc(F)c(F)cc2O1. The maximum Gasteiger partial charge on any atom is 0.196 e. The summed E-state index contributed by atoms with van der Waals surface area (Å²) in [5.41, 5.74) is 0. The number of rotatable bonds is 1. The van der Waals surface area contributed by atoms with Crippen molar-refractivity contribution in [2.75, 3.05) is 6.61 Å². The fraction of sp³-hybridized carbons (Fsp3) is 0.400. The maximum absolute atomic E-state index is 12.9. The first kappa shape index (κ1) is 10.7. The predicted molar refractivity (Wildman–Crippen MR) is 54.4 cm³/mol. The molecule has 0 spiro atoms. The summed E-state index contributed by atoms with van der Waals surface area (Å²) in [7, 11) is 0. The largest absolute Gasteiger partial charge is 0.484 e. The van der Waals surface area contributed by atoms with Crippen LogP contribution in [0, 0.1) is 11.6 Å². The van der Waals surface area contributed by atoms with E-state index in [2.05, 4.69) is 15.9 Å². The van der Waals surface area contributed by atoms with Crippen LogP contribution in [0.5, 0.6) is 11.5 Å². The molecule has 1 heterocycles. The molecule has 0 aliphatic carbocycles. The maximum atomic E-state index is 12.9. The molecule has 0 saturated carbocycles. The molecule has 1 atom stereocenters. The van der Waals surface area contributed by atoms with Gasteiger partial charge in [0.1, 0.15) is 6.61 Å². The average molecular weight is 279 g/mol. The van der Waals surface area contributed by atoms with Gasteiger partial charge in [0.25, 0.3) is 0 Å². The van der Waals surface area contributed by atoms with Gasteiger partial charge in [-0.3, -0.25) is 0 Å². The molecule has 1 unspecified atom stereocenters. The van der Waals surface area contributed by atoms with Gasteiger partial charge in [-0.15, -0.1) is 0 Å². The minimum Gasteiger partial charge on any atom is -0.484 e. The summed E-state index contributed by atoms with van der Waals surface area (Å²) < 4.78 is 35.9. The fourth-order valence-electron chi connectivity index (χ4n) is 1.29. The van der Waals surface area contributed by atoms with Crippen molar-refractivity contribution in [3.63, 3.8) is 0 Å². The highest BCUT2D eigenvalue weighted by Gasteiger charge is 2.34. The lowest BCUT2D eigenvalue weighted by atomic mass is 10.2. The molecule has 1 aromatic carbocycles. The lowest BCUT2D eigenvalue weighted by Crippen LogP contribution is -2.38. The first-order valence-electron chi connectivity index (χ1n) is 4.54. The molecule has 0 fully saturated rings. The van der Waals surface area contributed by atoms with E-state index in [4.69, 9.17) is 9.47 Å². The Balaban J connectivity index is 2.38. The minimum atomic E-state index is -0.940. The van der Waals surface area contributed by atoms with Gasteiger partial charge in [0.05, 0.1) is 0 Å². The third-order valence-corrected chi connectivity index (χ3v) is 3.20. The second-order valence-electron chi connectivity index (χ2n) is 3.34. The highest BCUT2D eigenvalue weighted by Crippen LogP contribution is 2.40. The molecule has 0 aromatic heterocycles. The summed E-state index contributed by atoms with van der Waals surface area (Å²) in [4.78, 5) is 0. The van der Waals surface area contributed by atoms with Crippen LogP contribution in [-0.2, 0) is 0 Å².